The Morgan fingerprint density at radius 3 is 2.55 bits per heavy atom. The molecule has 0 bridgehead atoms. The van der Waals surface area contributed by atoms with Gasteiger partial charge in [0.15, 0.2) is 0 Å². The number of nitrogens with one attached hydrogen (secondary N) is 3. The highest BCUT2D eigenvalue weighted by molar-refractivity contribution is 6.31. The summed E-state index contributed by atoms with van der Waals surface area (Å²) in [4.78, 5) is 34.1. The average molecular weight is 585 g/mol. The van der Waals surface area contributed by atoms with Gasteiger partial charge in [-0.2, -0.15) is 0 Å². The summed E-state index contributed by atoms with van der Waals surface area (Å²) >= 11 is 6.61. The Bertz CT molecular complexity index is 1510. The minimum Gasteiger partial charge on any atom is -0.335 e. The summed E-state index contributed by atoms with van der Waals surface area (Å²) < 4.78 is 0. The molecule has 0 spiro atoms. The molecule has 1 aliphatic carbocycles. The molecule has 1 atom stereocenters. The summed E-state index contributed by atoms with van der Waals surface area (Å²) in [6.45, 7) is 4.83. The van der Waals surface area contributed by atoms with E-state index in [1.807, 2.05) is 37.3 Å². The fraction of sp³-hybridized carbons (Fsp3) is 0.364. The van der Waals surface area contributed by atoms with Gasteiger partial charge in [0.2, 0.25) is 0 Å². The molecular formula is C33H37ClN6O2. The van der Waals surface area contributed by atoms with Crippen LogP contribution in [0.15, 0.2) is 54.7 Å². The second kappa shape index (κ2) is 13.4. The molecule has 1 saturated carbocycles. The Morgan fingerprint density at radius 2 is 1.88 bits per heavy atom. The van der Waals surface area contributed by atoms with Gasteiger partial charge >= 0.3 is 6.03 Å². The molecule has 42 heavy (non-hydrogen) atoms. The van der Waals surface area contributed by atoms with Crippen LogP contribution >= 0.6 is 11.6 Å². The first-order valence-corrected chi connectivity index (χ1v) is 14.8. The minimum absolute atomic E-state index is 0.229. The van der Waals surface area contributed by atoms with E-state index in [2.05, 4.69) is 56.7 Å². The van der Waals surface area contributed by atoms with Gasteiger partial charge in [-0.15, -0.1) is 0 Å². The number of pyridine rings is 1. The van der Waals surface area contributed by atoms with Crippen LogP contribution in [0, 0.1) is 18.8 Å². The van der Waals surface area contributed by atoms with Crippen LogP contribution in [-0.4, -0.2) is 66.0 Å². The van der Waals surface area contributed by atoms with Gasteiger partial charge in [0.25, 0.3) is 5.91 Å². The van der Waals surface area contributed by atoms with E-state index >= 15 is 0 Å². The Hall–Kier alpha value is -3.90. The highest BCUT2D eigenvalue weighted by Gasteiger charge is 2.24. The van der Waals surface area contributed by atoms with Crippen molar-refractivity contribution in [3.8, 4) is 11.8 Å². The number of aromatic nitrogens is 1. The standard InChI is InChI=1S/C33H37ClN6O2/c1-22-7-10-25(17-24(22)11-8-23-9-14-31(35-19-23)38-33(42)37-27-5-4-6-27)32(41)36-28-13-12-26(30(34)18-28)20-40-16-15-29(21-40)39(2)3/h7,9-10,12-14,17-19,27,29H,4-6,15-16,20-21H2,1-3H3,(H,36,41)(H2,35,37,38,42). The average Bonchev–Trinajstić information content (AvgIpc) is 3.42. The van der Waals surface area contributed by atoms with Crippen LogP contribution in [0.25, 0.3) is 0 Å². The fourth-order valence-electron chi connectivity index (χ4n) is 5.04. The molecule has 2 fully saturated rings. The van der Waals surface area contributed by atoms with E-state index in [1.165, 1.54) is 0 Å². The molecule has 2 aliphatic rings. The number of benzene rings is 2. The van der Waals surface area contributed by atoms with E-state index in [1.54, 1.807) is 24.4 Å². The highest BCUT2D eigenvalue weighted by atomic mass is 35.5. The Morgan fingerprint density at radius 1 is 1.05 bits per heavy atom. The number of hydrogen-bond acceptors (Lipinski definition) is 5. The van der Waals surface area contributed by atoms with Crippen LogP contribution in [0.1, 0.15) is 58.3 Å². The monoisotopic (exact) mass is 584 g/mol. The molecule has 9 heteroatoms. The van der Waals surface area contributed by atoms with Crippen LogP contribution in [-0.2, 0) is 6.54 Å². The molecular weight excluding hydrogens is 548 g/mol. The van der Waals surface area contributed by atoms with E-state index in [9.17, 15) is 9.59 Å². The molecule has 1 aromatic heterocycles. The zero-order valence-electron chi connectivity index (χ0n) is 24.3. The van der Waals surface area contributed by atoms with Gasteiger partial charge in [-0.3, -0.25) is 15.0 Å². The lowest BCUT2D eigenvalue weighted by atomic mass is 9.93. The third-order valence-electron chi connectivity index (χ3n) is 7.97. The molecule has 2 aromatic carbocycles. The second-order valence-corrected chi connectivity index (χ2v) is 11.7. The number of rotatable bonds is 7. The number of likely N-dealkylation sites (N-methyl/N-ethyl adjacent to an activating group) is 1. The number of amides is 3. The van der Waals surface area contributed by atoms with Crippen molar-refractivity contribution >= 4 is 35.0 Å². The molecule has 1 aliphatic heterocycles. The molecule has 1 unspecified atom stereocenters. The summed E-state index contributed by atoms with van der Waals surface area (Å²) in [5, 5.41) is 9.28. The van der Waals surface area contributed by atoms with Gasteiger partial charge in [-0.1, -0.05) is 35.6 Å². The SMILES string of the molecule is Cc1ccc(C(=O)Nc2ccc(CN3CCC(N(C)C)C3)c(Cl)c2)cc1C#Cc1ccc(NC(=O)NC2CCC2)nc1. The van der Waals surface area contributed by atoms with E-state index in [0.717, 1.165) is 62.0 Å². The third-order valence-corrected chi connectivity index (χ3v) is 8.32. The summed E-state index contributed by atoms with van der Waals surface area (Å²) in [7, 11) is 4.24. The van der Waals surface area contributed by atoms with Crippen LogP contribution in [0.4, 0.5) is 16.3 Å². The quantitative estimate of drug-likeness (QED) is 0.319. The maximum Gasteiger partial charge on any atom is 0.320 e. The second-order valence-electron chi connectivity index (χ2n) is 11.3. The number of carbonyl (C=O) groups excluding carboxylic acids is 2. The van der Waals surface area contributed by atoms with Crippen molar-refractivity contribution in [2.75, 3.05) is 37.8 Å². The Labute approximate surface area is 252 Å². The number of nitrogens with zero attached hydrogens (tertiary/aromatic N) is 3. The summed E-state index contributed by atoms with van der Waals surface area (Å²) in [6, 6.07) is 15.3. The molecule has 3 aromatic rings. The largest absolute Gasteiger partial charge is 0.335 e. The first-order valence-electron chi connectivity index (χ1n) is 14.4. The zero-order chi connectivity index (χ0) is 29.6. The number of aryl methyl sites for hydroxylation is 1. The molecule has 8 nitrogen and oxygen atoms in total. The number of likely N-dealkylation sites (tertiary alicyclic amines) is 1. The normalized spacial score (nSPS) is 16.8. The van der Waals surface area contributed by atoms with Gasteiger partial charge in [0, 0.05) is 65.3 Å². The molecule has 3 amide bonds. The van der Waals surface area contributed by atoms with E-state index in [4.69, 9.17) is 11.6 Å². The van der Waals surface area contributed by atoms with Gasteiger partial charge < -0.3 is 15.5 Å². The number of urea groups is 1. The first-order chi connectivity index (χ1) is 20.2. The van der Waals surface area contributed by atoms with Crippen molar-refractivity contribution in [2.45, 2.75) is 51.2 Å². The smallest absolute Gasteiger partial charge is 0.320 e. The van der Waals surface area contributed by atoms with Crippen molar-refractivity contribution in [3.63, 3.8) is 0 Å². The van der Waals surface area contributed by atoms with Crippen LogP contribution < -0.4 is 16.0 Å². The minimum atomic E-state index is -0.240. The summed E-state index contributed by atoms with van der Waals surface area (Å²) in [5.74, 6) is 6.49. The van der Waals surface area contributed by atoms with Crippen LogP contribution in [0.3, 0.4) is 0 Å². The summed E-state index contributed by atoms with van der Waals surface area (Å²) in [6.07, 6.45) is 5.98. The number of anilines is 2. The highest BCUT2D eigenvalue weighted by Crippen LogP contribution is 2.25. The van der Waals surface area contributed by atoms with E-state index in [-0.39, 0.29) is 18.0 Å². The first kappa shape index (κ1) is 29.6. The van der Waals surface area contributed by atoms with Gasteiger partial charge in [0.05, 0.1) is 0 Å². The van der Waals surface area contributed by atoms with Crippen molar-refractivity contribution < 1.29 is 9.59 Å². The van der Waals surface area contributed by atoms with Crippen LogP contribution in [0.2, 0.25) is 5.02 Å². The Kier molecular flexibility index (Phi) is 9.43. The lowest BCUT2D eigenvalue weighted by molar-refractivity contribution is 0.102. The van der Waals surface area contributed by atoms with E-state index in [0.29, 0.717) is 33.7 Å². The van der Waals surface area contributed by atoms with Crippen molar-refractivity contribution in [3.05, 3.63) is 87.6 Å². The van der Waals surface area contributed by atoms with Gasteiger partial charge in [-0.25, -0.2) is 9.78 Å². The lowest BCUT2D eigenvalue weighted by Crippen LogP contribution is -2.41. The van der Waals surface area contributed by atoms with Crippen LogP contribution in [0.5, 0.6) is 0 Å². The maximum absolute atomic E-state index is 13.1. The molecule has 218 valence electrons. The molecule has 2 heterocycles. The van der Waals surface area contributed by atoms with Gasteiger partial charge in [0.1, 0.15) is 5.82 Å². The molecule has 0 radical (unpaired) electrons. The summed E-state index contributed by atoms with van der Waals surface area (Å²) in [5.41, 5.74) is 4.62. The Balaban J connectivity index is 1.19. The van der Waals surface area contributed by atoms with Crippen molar-refractivity contribution in [1.29, 1.82) is 0 Å². The third kappa shape index (κ3) is 7.68. The van der Waals surface area contributed by atoms with Crippen molar-refractivity contribution in [1.82, 2.24) is 20.1 Å². The zero-order valence-corrected chi connectivity index (χ0v) is 25.1. The maximum atomic E-state index is 13.1. The van der Waals surface area contributed by atoms with E-state index < -0.39 is 0 Å². The van der Waals surface area contributed by atoms with Crippen molar-refractivity contribution in [2.24, 2.45) is 0 Å². The molecule has 5 rings (SSSR count). The fourth-order valence-corrected chi connectivity index (χ4v) is 5.28. The number of hydrogen-bond donors (Lipinski definition) is 3. The predicted octanol–water partition coefficient (Wildman–Crippen LogP) is 5.51. The molecule has 1 saturated heterocycles. The molecule has 3 N–H and O–H groups in total. The number of carbonyl (C=O) groups is 2. The lowest BCUT2D eigenvalue weighted by Gasteiger charge is -2.26. The topological polar surface area (TPSA) is 89.6 Å². The van der Waals surface area contributed by atoms with Gasteiger partial charge in [-0.05, 0) is 94.2 Å². The predicted molar refractivity (Wildman–Crippen MR) is 168 cm³/mol. The number of halogens is 1.